The van der Waals surface area contributed by atoms with Crippen molar-refractivity contribution in [2.45, 2.75) is 13.5 Å². The Labute approximate surface area is 152 Å². The molecule has 0 saturated carbocycles. The zero-order chi connectivity index (χ0) is 18.5. The Morgan fingerprint density at radius 3 is 2.35 bits per heavy atom. The number of nitrogens with one attached hydrogen (secondary N) is 2. The SMILES string of the molecule is Cc1nc(NCc2ccccc2F)cc(Nc2ccc(N(C)C)cc2)n1. The molecule has 3 rings (SSSR count). The molecule has 5 nitrogen and oxygen atoms in total. The van der Waals surface area contributed by atoms with Gasteiger partial charge < -0.3 is 15.5 Å². The van der Waals surface area contributed by atoms with Crippen molar-refractivity contribution in [3.63, 3.8) is 0 Å². The van der Waals surface area contributed by atoms with Gasteiger partial charge in [-0.3, -0.25) is 0 Å². The van der Waals surface area contributed by atoms with Crippen LogP contribution in [0.3, 0.4) is 0 Å². The molecule has 0 fully saturated rings. The number of benzene rings is 2. The molecule has 0 saturated heterocycles. The normalized spacial score (nSPS) is 10.5. The summed E-state index contributed by atoms with van der Waals surface area (Å²) >= 11 is 0. The lowest BCUT2D eigenvalue weighted by Crippen LogP contribution is -2.08. The Hall–Kier alpha value is -3.15. The predicted molar refractivity (Wildman–Crippen MR) is 105 cm³/mol. The molecule has 134 valence electrons. The lowest BCUT2D eigenvalue weighted by molar-refractivity contribution is 0.613. The molecule has 0 spiro atoms. The van der Waals surface area contributed by atoms with Crippen molar-refractivity contribution in [3.8, 4) is 0 Å². The van der Waals surface area contributed by atoms with Crippen molar-refractivity contribution in [3.05, 3.63) is 71.8 Å². The smallest absolute Gasteiger partial charge is 0.136 e. The molecule has 1 heterocycles. The summed E-state index contributed by atoms with van der Waals surface area (Å²) < 4.78 is 13.7. The van der Waals surface area contributed by atoms with Crippen LogP contribution in [0.1, 0.15) is 11.4 Å². The van der Waals surface area contributed by atoms with Gasteiger partial charge in [-0.25, -0.2) is 14.4 Å². The quantitative estimate of drug-likeness (QED) is 0.692. The lowest BCUT2D eigenvalue weighted by atomic mass is 10.2. The van der Waals surface area contributed by atoms with E-state index in [0.29, 0.717) is 29.6 Å². The first-order chi connectivity index (χ1) is 12.5. The minimum atomic E-state index is -0.231. The van der Waals surface area contributed by atoms with Crippen molar-refractivity contribution in [2.24, 2.45) is 0 Å². The van der Waals surface area contributed by atoms with Crippen LogP contribution in [0.4, 0.5) is 27.4 Å². The van der Waals surface area contributed by atoms with Gasteiger partial charge in [0, 0.05) is 43.6 Å². The van der Waals surface area contributed by atoms with Crippen molar-refractivity contribution >= 4 is 23.0 Å². The van der Waals surface area contributed by atoms with Crippen LogP contribution in [-0.4, -0.2) is 24.1 Å². The van der Waals surface area contributed by atoms with Crippen LogP contribution in [0.15, 0.2) is 54.6 Å². The average Bonchev–Trinajstić information content (AvgIpc) is 2.61. The molecule has 0 aliphatic carbocycles. The Morgan fingerprint density at radius 2 is 1.65 bits per heavy atom. The van der Waals surface area contributed by atoms with E-state index in [1.54, 1.807) is 12.1 Å². The maximum Gasteiger partial charge on any atom is 0.136 e. The van der Waals surface area contributed by atoms with Gasteiger partial charge in [0.05, 0.1) is 0 Å². The lowest BCUT2D eigenvalue weighted by Gasteiger charge is -2.14. The summed E-state index contributed by atoms with van der Waals surface area (Å²) in [6, 6.07) is 16.6. The Kier molecular flexibility index (Phi) is 5.31. The molecule has 6 heteroatoms. The molecule has 0 radical (unpaired) electrons. The number of hydrogen-bond donors (Lipinski definition) is 2. The van der Waals surface area contributed by atoms with E-state index in [9.17, 15) is 4.39 Å². The van der Waals surface area contributed by atoms with E-state index >= 15 is 0 Å². The van der Waals surface area contributed by atoms with Crippen LogP contribution < -0.4 is 15.5 Å². The molecular formula is C20H22FN5. The number of anilines is 4. The molecule has 2 aromatic carbocycles. The second-order valence-corrected chi connectivity index (χ2v) is 6.20. The van der Waals surface area contributed by atoms with E-state index in [-0.39, 0.29) is 5.82 Å². The van der Waals surface area contributed by atoms with E-state index < -0.39 is 0 Å². The zero-order valence-electron chi connectivity index (χ0n) is 15.1. The third-order valence-electron chi connectivity index (χ3n) is 3.91. The van der Waals surface area contributed by atoms with Crippen LogP contribution in [0.25, 0.3) is 0 Å². The largest absolute Gasteiger partial charge is 0.378 e. The standard InChI is InChI=1S/C20H22FN5/c1-14-23-19(22-13-15-6-4-5-7-18(15)21)12-20(24-14)25-16-8-10-17(11-9-16)26(2)3/h4-12H,13H2,1-3H3,(H2,22,23,24,25). The molecule has 1 aromatic heterocycles. The highest BCUT2D eigenvalue weighted by Crippen LogP contribution is 2.21. The summed E-state index contributed by atoms with van der Waals surface area (Å²) in [6.07, 6.45) is 0. The molecule has 0 unspecified atom stereocenters. The third-order valence-corrected chi connectivity index (χ3v) is 3.91. The topological polar surface area (TPSA) is 53.1 Å². The third kappa shape index (κ3) is 4.47. The monoisotopic (exact) mass is 351 g/mol. The van der Waals surface area contributed by atoms with Gasteiger partial charge in [-0.1, -0.05) is 18.2 Å². The van der Waals surface area contributed by atoms with E-state index in [0.717, 1.165) is 11.4 Å². The zero-order valence-corrected chi connectivity index (χ0v) is 15.1. The highest BCUT2D eigenvalue weighted by atomic mass is 19.1. The average molecular weight is 351 g/mol. The predicted octanol–water partition coefficient (Wildman–Crippen LogP) is 4.35. The van der Waals surface area contributed by atoms with Gasteiger partial charge in [-0.15, -0.1) is 0 Å². The highest BCUT2D eigenvalue weighted by Gasteiger charge is 2.05. The molecule has 2 N–H and O–H groups in total. The molecule has 0 aliphatic heterocycles. The summed E-state index contributed by atoms with van der Waals surface area (Å²) in [5, 5.41) is 6.43. The number of nitrogens with zero attached hydrogens (tertiary/aromatic N) is 3. The fourth-order valence-corrected chi connectivity index (χ4v) is 2.54. The van der Waals surface area contributed by atoms with Crippen molar-refractivity contribution < 1.29 is 4.39 Å². The summed E-state index contributed by atoms with van der Waals surface area (Å²) in [5.74, 6) is 1.74. The van der Waals surface area contributed by atoms with Gasteiger partial charge in [-0.2, -0.15) is 0 Å². The number of aromatic nitrogens is 2. The molecular weight excluding hydrogens is 329 g/mol. The molecule has 26 heavy (non-hydrogen) atoms. The van der Waals surface area contributed by atoms with Gasteiger partial charge in [-0.05, 0) is 37.3 Å². The van der Waals surface area contributed by atoms with Crippen molar-refractivity contribution in [2.75, 3.05) is 29.6 Å². The van der Waals surface area contributed by atoms with Gasteiger partial charge in [0.1, 0.15) is 23.3 Å². The first-order valence-electron chi connectivity index (χ1n) is 8.38. The fraction of sp³-hybridized carbons (Fsp3) is 0.200. The van der Waals surface area contributed by atoms with Crippen LogP contribution >= 0.6 is 0 Å². The number of halogens is 1. The van der Waals surface area contributed by atoms with E-state index in [4.69, 9.17) is 0 Å². The molecule has 0 aliphatic rings. The first kappa shape index (κ1) is 17.7. The maximum absolute atomic E-state index is 13.7. The van der Waals surface area contributed by atoms with Gasteiger partial charge >= 0.3 is 0 Å². The van der Waals surface area contributed by atoms with Crippen LogP contribution in [0.2, 0.25) is 0 Å². The molecule has 0 amide bonds. The van der Waals surface area contributed by atoms with Gasteiger partial charge in [0.25, 0.3) is 0 Å². The molecule has 0 atom stereocenters. The van der Waals surface area contributed by atoms with Crippen molar-refractivity contribution in [1.29, 1.82) is 0 Å². The highest BCUT2D eigenvalue weighted by molar-refractivity contribution is 5.62. The Morgan fingerprint density at radius 1 is 0.962 bits per heavy atom. The molecule has 3 aromatic rings. The van der Waals surface area contributed by atoms with E-state index in [2.05, 4.69) is 20.6 Å². The fourth-order valence-electron chi connectivity index (χ4n) is 2.54. The maximum atomic E-state index is 13.7. The Bertz CT molecular complexity index is 878. The minimum Gasteiger partial charge on any atom is -0.378 e. The van der Waals surface area contributed by atoms with Crippen LogP contribution in [-0.2, 0) is 6.54 Å². The number of hydrogen-bond acceptors (Lipinski definition) is 5. The van der Waals surface area contributed by atoms with Gasteiger partial charge in [0.15, 0.2) is 0 Å². The summed E-state index contributed by atoms with van der Waals surface area (Å²) in [7, 11) is 4.01. The summed E-state index contributed by atoms with van der Waals surface area (Å²) in [6.45, 7) is 2.19. The second kappa shape index (κ2) is 7.82. The summed E-state index contributed by atoms with van der Waals surface area (Å²) in [4.78, 5) is 10.8. The van der Waals surface area contributed by atoms with Gasteiger partial charge in [0.2, 0.25) is 0 Å². The van der Waals surface area contributed by atoms with Crippen molar-refractivity contribution in [1.82, 2.24) is 9.97 Å². The number of rotatable bonds is 6. The van der Waals surface area contributed by atoms with Crippen LogP contribution in [0.5, 0.6) is 0 Å². The Balaban J connectivity index is 1.72. The minimum absolute atomic E-state index is 0.231. The first-order valence-corrected chi connectivity index (χ1v) is 8.38. The second-order valence-electron chi connectivity index (χ2n) is 6.20. The van der Waals surface area contributed by atoms with E-state index in [1.165, 1.54) is 6.07 Å². The summed E-state index contributed by atoms with van der Waals surface area (Å²) in [5.41, 5.74) is 2.66. The number of aryl methyl sites for hydroxylation is 1. The van der Waals surface area contributed by atoms with Crippen LogP contribution in [0, 0.1) is 12.7 Å². The molecule has 0 bridgehead atoms. The van der Waals surface area contributed by atoms with E-state index in [1.807, 2.05) is 62.3 Å².